The molecule has 0 radical (unpaired) electrons. The Hall–Kier alpha value is -1.90. The molecule has 0 unspecified atom stereocenters. The lowest BCUT2D eigenvalue weighted by Crippen LogP contribution is -2.55. The molecule has 1 heterocycles. The molecule has 2 aliphatic rings. The van der Waals surface area contributed by atoms with Crippen molar-refractivity contribution in [2.75, 3.05) is 19.6 Å². The van der Waals surface area contributed by atoms with Crippen LogP contribution in [0.5, 0.6) is 0 Å². The maximum Gasteiger partial charge on any atom is 0.226 e. The Morgan fingerprint density at radius 2 is 1.88 bits per heavy atom. The summed E-state index contributed by atoms with van der Waals surface area (Å²) in [6.45, 7) is 5.51. The average molecular weight is 341 g/mol. The minimum absolute atomic E-state index is 0.0935. The van der Waals surface area contributed by atoms with Gasteiger partial charge in [-0.3, -0.25) is 9.69 Å². The summed E-state index contributed by atoms with van der Waals surface area (Å²) in [6.07, 6.45) is 2.93. The number of nitrogens with zero attached hydrogens (tertiary/aromatic N) is 3. The third-order valence-corrected chi connectivity index (χ3v) is 5.53. The van der Waals surface area contributed by atoms with E-state index < -0.39 is 0 Å². The molecule has 2 fully saturated rings. The Bertz CT molecular complexity index is 629. The van der Waals surface area contributed by atoms with Gasteiger partial charge in [-0.05, 0) is 50.3 Å². The highest BCUT2D eigenvalue weighted by Crippen LogP contribution is 2.27. The molecule has 5 nitrogen and oxygen atoms in total. The van der Waals surface area contributed by atoms with Gasteiger partial charge in [0.25, 0.3) is 0 Å². The van der Waals surface area contributed by atoms with Crippen molar-refractivity contribution in [1.82, 2.24) is 9.80 Å². The van der Waals surface area contributed by atoms with Crippen LogP contribution in [-0.2, 0) is 11.3 Å². The Kier molecular flexibility index (Phi) is 5.72. The number of hydrogen-bond acceptors (Lipinski definition) is 4. The summed E-state index contributed by atoms with van der Waals surface area (Å²) in [6, 6.07) is 10.1. The largest absolute Gasteiger partial charge is 0.393 e. The number of rotatable bonds is 3. The molecule has 1 saturated heterocycles. The number of aliphatic hydroxyl groups is 1. The fraction of sp³-hybridized carbons (Fsp3) is 0.600. The third-order valence-electron chi connectivity index (χ3n) is 5.53. The summed E-state index contributed by atoms with van der Waals surface area (Å²) in [5, 5.41) is 18.5. The fourth-order valence-electron chi connectivity index (χ4n) is 4.00. The minimum atomic E-state index is -0.217. The van der Waals surface area contributed by atoms with Crippen LogP contribution in [-0.4, -0.2) is 52.6 Å². The molecule has 134 valence electrons. The van der Waals surface area contributed by atoms with E-state index in [0.717, 1.165) is 51.9 Å². The zero-order chi connectivity index (χ0) is 17.8. The smallest absolute Gasteiger partial charge is 0.226 e. The highest BCUT2D eigenvalue weighted by molar-refractivity contribution is 5.79. The van der Waals surface area contributed by atoms with Crippen molar-refractivity contribution >= 4 is 5.91 Å². The lowest BCUT2D eigenvalue weighted by Gasteiger charge is -2.42. The predicted octanol–water partition coefficient (Wildman–Crippen LogP) is 2.14. The van der Waals surface area contributed by atoms with Crippen molar-refractivity contribution in [3.05, 3.63) is 35.4 Å². The van der Waals surface area contributed by atoms with Crippen LogP contribution in [0.25, 0.3) is 0 Å². The first-order valence-corrected chi connectivity index (χ1v) is 9.26. The van der Waals surface area contributed by atoms with Crippen LogP contribution in [0.15, 0.2) is 24.3 Å². The highest BCUT2D eigenvalue weighted by Gasteiger charge is 2.33. The number of piperazine rings is 1. The number of nitriles is 1. The Balaban J connectivity index is 1.53. The maximum absolute atomic E-state index is 12.8. The second-order valence-electron chi connectivity index (χ2n) is 7.43. The average Bonchev–Trinajstić information content (AvgIpc) is 2.62. The van der Waals surface area contributed by atoms with Crippen molar-refractivity contribution in [3.63, 3.8) is 0 Å². The summed E-state index contributed by atoms with van der Waals surface area (Å²) >= 11 is 0. The quantitative estimate of drug-likeness (QED) is 0.915. The SMILES string of the molecule is C[C@H]1CN(Cc2ccc(C#N)cc2)CCN1C(=O)C1CCC(O)CC1. The van der Waals surface area contributed by atoms with Crippen LogP contribution in [0.2, 0.25) is 0 Å². The second-order valence-corrected chi connectivity index (χ2v) is 7.43. The first-order chi connectivity index (χ1) is 12.1. The molecule has 0 spiro atoms. The Labute approximate surface area is 149 Å². The van der Waals surface area contributed by atoms with E-state index >= 15 is 0 Å². The third kappa shape index (κ3) is 4.39. The first kappa shape index (κ1) is 17.9. The van der Waals surface area contributed by atoms with Crippen molar-refractivity contribution in [2.24, 2.45) is 5.92 Å². The van der Waals surface area contributed by atoms with E-state index in [2.05, 4.69) is 17.9 Å². The molecule has 1 saturated carbocycles. The molecule has 1 aliphatic heterocycles. The number of benzene rings is 1. The molecule has 1 aromatic rings. The number of aliphatic hydroxyl groups excluding tert-OH is 1. The molecule has 1 atom stereocenters. The van der Waals surface area contributed by atoms with Gasteiger partial charge in [0.2, 0.25) is 5.91 Å². The maximum atomic E-state index is 12.8. The predicted molar refractivity (Wildman–Crippen MR) is 95.6 cm³/mol. The van der Waals surface area contributed by atoms with Gasteiger partial charge in [0.05, 0.1) is 17.7 Å². The van der Waals surface area contributed by atoms with E-state index in [-0.39, 0.29) is 24.0 Å². The molecule has 1 amide bonds. The van der Waals surface area contributed by atoms with Crippen LogP contribution in [0.1, 0.15) is 43.7 Å². The molecular weight excluding hydrogens is 314 g/mol. The number of amides is 1. The molecule has 25 heavy (non-hydrogen) atoms. The van der Waals surface area contributed by atoms with Gasteiger partial charge in [-0.15, -0.1) is 0 Å². The van der Waals surface area contributed by atoms with Crippen LogP contribution in [0.3, 0.4) is 0 Å². The van der Waals surface area contributed by atoms with Gasteiger partial charge in [-0.25, -0.2) is 0 Å². The molecule has 3 rings (SSSR count). The number of carbonyl (C=O) groups excluding carboxylic acids is 1. The van der Waals surface area contributed by atoms with Crippen LogP contribution < -0.4 is 0 Å². The summed E-state index contributed by atoms with van der Waals surface area (Å²) in [5.41, 5.74) is 1.89. The normalized spacial score (nSPS) is 27.7. The van der Waals surface area contributed by atoms with Crippen molar-refractivity contribution < 1.29 is 9.90 Å². The monoisotopic (exact) mass is 341 g/mol. The van der Waals surface area contributed by atoms with Gasteiger partial charge in [0.15, 0.2) is 0 Å². The van der Waals surface area contributed by atoms with Crippen molar-refractivity contribution in [2.45, 2.75) is 51.3 Å². The second kappa shape index (κ2) is 7.99. The van der Waals surface area contributed by atoms with Gasteiger partial charge >= 0.3 is 0 Å². The van der Waals surface area contributed by atoms with Crippen LogP contribution >= 0.6 is 0 Å². The van der Waals surface area contributed by atoms with E-state index in [9.17, 15) is 9.90 Å². The number of hydrogen-bond donors (Lipinski definition) is 1. The zero-order valence-electron chi connectivity index (χ0n) is 14.9. The van der Waals surface area contributed by atoms with Crippen molar-refractivity contribution in [1.29, 1.82) is 5.26 Å². The molecule has 0 aromatic heterocycles. The van der Waals surface area contributed by atoms with E-state index in [1.54, 1.807) is 0 Å². The van der Waals surface area contributed by atoms with Crippen LogP contribution in [0, 0.1) is 17.2 Å². The van der Waals surface area contributed by atoms with Gasteiger partial charge in [0, 0.05) is 38.1 Å². The summed E-state index contributed by atoms with van der Waals surface area (Å²) in [7, 11) is 0. The van der Waals surface area contributed by atoms with Gasteiger partial charge in [0.1, 0.15) is 0 Å². The molecule has 0 bridgehead atoms. The standard InChI is InChI=1S/C20H27N3O2/c1-15-13-22(14-17-4-2-16(12-21)3-5-17)10-11-23(15)20(25)18-6-8-19(24)9-7-18/h2-5,15,18-19,24H,6-11,13-14H2,1H3/t15-,18?,19?/m0/s1. The lowest BCUT2D eigenvalue weighted by molar-refractivity contribution is -0.141. The van der Waals surface area contributed by atoms with E-state index in [0.29, 0.717) is 5.56 Å². The van der Waals surface area contributed by atoms with Crippen molar-refractivity contribution in [3.8, 4) is 6.07 Å². The highest BCUT2D eigenvalue weighted by atomic mass is 16.3. The lowest BCUT2D eigenvalue weighted by atomic mass is 9.86. The Morgan fingerprint density at radius 1 is 1.20 bits per heavy atom. The number of carbonyl (C=O) groups is 1. The van der Waals surface area contributed by atoms with E-state index in [4.69, 9.17) is 5.26 Å². The summed E-state index contributed by atoms with van der Waals surface area (Å²) < 4.78 is 0. The molecular formula is C20H27N3O2. The molecule has 1 N–H and O–H groups in total. The minimum Gasteiger partial charge on any atom is -0.393 e. The Morgan fingerprint density at radius 3 is 2.48 bits per heavy atom. The fourth-order valence-corrected chi connectivity index (χ4v) is 4.00. The molecule has 1 aromatic carbocycles. The molecule has 5 heteroatoms. The van der Waals surface area contributed by atoms with Gasteiger partial charge in [-0.1, -0.05) is 12.1 Å². The van der Waals surface area contributed by atoms with E-state index in [1.807, 2.05) is 29.2 Å². The molecule has 1 aliphatic carbocycles. The van der Waals surface area contributed by atoms with Gasteiger partial charge < -0.3 is 10.0 Å². The van der Waals surface area contributed by atoms with Crippen LogP contribution in [0.4, 0.5) is 0 Å². The summed E-state index contributed by atoms with van der Waals surface area (Å²) in [4.78, 5) is 17.2. The first-order valence-electron chi connectivity index (χ1n) is 9.26. The summed E-state index contributed by atoms with van der Waals surface area (Å²) in [5.74, 6) is 0.369. The van der Waals surface area contributed by atoms with E-state index in [1.165, 1.54) is 5.56 Å². The topological polar surface area (TPSA) is 67.6 Å². The van der Waals surface area contributed by atoms with Gasteiger partial charge in [-0.2, -0.15) is 5.26 Å². The zero-order valence-corrected chi connectivity index (χ0v) is 14.9.